The van der Waals surface area contributed by atoms with E-state index >= 15 is 0 Å². The second kappa shape index (κ2) is 7.06. The van der Waals surface area contributed by atoms with Crippen LogP contribution in [0.4, 0.5) is 14.5 Å². The molecule has 1 aromatic carbocycles. The van der Waals surface area contributed by atoms with Crippen LogP contribution in [0.5, 0.6) is 0 Å². The molecule has 0 amide bonds. The summed E-state index contributed by atoms with van der Waals surface area (Å²) < 4.78 is 27.6. The van der Waals surface area contributed by atoms with Crippen LogP contribution in [0, 0.1) is 6.92 Å². The van der Waals surface area contributed by atoms with Crippen LogP contribution in [0.2, 0.25) is 0 Å². The van der Waals surface area contributed by atoms with E-state index in [1.54, 1.807) is 30.5 Å². The fraction of sp³-hybridized carbons (Fsp3) is 0.350. The minimum atomic E-state index is -2.62. The van der Waals surface area contributed by atoms with E-state index in [4.69, 9.17) is 0 Å². The van der Waals surface area contributed by atoms with Crippen LogP contribution in [-0.2, 0) is 6.54 Å². The van der Waals surface area contributed by atoms with Gasteiger partial charge in [0.1, 0.15) is 5.82 Å². The first kappa shape index (κ1) is 17.6. The number of nitrogens with zero attached hydrogens (tertiary/aromatic N) is 4. The minimum absolute atomic E-state index is 0.220. The summed E-state index contributed by atoms with van der Waals surface area (Å²) >= 11 is 0. The average molecular weight is 370 g/mol. The Kier molecular flexibility index (Phi) is 4.59. The molecule has 5 nitrogen and oxygen atoms in total. The molecule has 1 saturated heterocycles. The molecule has 1 unspecified atom stereocenters. The number of pyridine rings is 1. The van der Waals surface area contributed by atoms with Crippen molar-refractivity contribution in [2.24, 2.45) is 0 Å². The van der Waals surface area contributed by atoms with Crippen molar-refractivity contribution in [3.63, 3.8) is 0 Å². The number of aromatic nitrogens is 3. The third-order valence-electron chi connectivity index (χ3n) is 4.97. The summed E-state index contributed by atoms with van der Waals surface area (Å²) in [4.78, 5) is 23.9. The van der Waals surface area contributed by atoms with Gasteiger partial charge < -0.3 is 4.90 Å². The fourth-order valence-electron chi connectivity index (χ4n) is 3.81. The van der Waals surface area contributed by atoms with Gasteiger partial charge in [-0.1, -0.05) is 12.1 Å². The van der Waals surface area contributed by atoms with Crippen LogP contribution in [0.1, 0.15) is 30.4 Å². The van der Waals surface area contributed by atoms with Gasteiger partial charge in [0.25, 0.3) is 12.0 Å². The number of anilines is 1. The molecule has 140 valence electrons. The Balaban J connectivity index is 1.87. The zero-order valence-electron chi connectivity index (χ0n) is 15.0. The summed E-state index contributed by atoms with van der Waals surface area (Å²) in [6.07, 6.45) is 0.779. The molecule has 1 fully saturated rings. The van der Waals surface area contributed by atoms with Gasteiger partial charge in [0, 0.05) is 24.1 Å². The van der Waals surface area contributed by atoms with Crippen molar-refractivity contribution in [3.05, 3.63) is 64.5 Å². The van der Waals surface area contributed by atoms with E-state index in [0.717, 1.165) is 35.3 Å². The molecular formula is C20H20F2N4O. The highest BCUT2D eigenvalue weighted by Crippen LogP contribution is 2.35. The highest BCUT2D eigenvalue weighted by molar-refractivity contribution is 5.77. The van der Waals surface area contributed by atoms with E-state index in [1.165, 1.54) is 0 Å². The maximum absolute atomic E-state index is 13.2. The Hall–Kier alpha value is -2.83. The van der Waals surface area contributed by atoms with E-state index in [9.17, 15) is 13.6 Å². The lowest BCUT2D eigenvalue weighted by Gasteiger charge is -2.28. The van der Waals surface area contributed by atoms with Gasteiger partial charge in [-0.15, -0.1) is 0 Å². The van der Waals surface area contributed by atoms with Crippen molar-refractivity contribution in [2.45, 2.75) is 38.8 Å². The zero-order valence-corrected chi connectivity index (χ0v) is 15.0. The van der Waals surface area contributed by atoms with E-state index < -0.39 is 18.5 Å². The molecule has 1 aliphatic heterocycles. The molecule has 27 heavy (non-hydrogen) atoms. The Morgan fingerprint density at radius 2 is 2.07 bits per heavy atom. The Morgan fingerprint density at radius 3 is 2.85 bits per heavy atom. The minimum Gasteiger partial charge on any atom is -0.361 e. The lowest BCUT2D eigenvalue weighted by molar-refractivity contribution is 0.123. The lowest BCUT2D eigenvalue weighted by atomic mass is 10.1. The maximum Gasteiger partial charge on any atom is 0.261 e. The predicted octanol–water partition coefficient (Wildman–Crippen LogP) is 3.71. The number of aryl methyl sites for hydroxylation is 1. The van der Waals surface area contributed by atoms with Crippen LogP contribution >= 0.6 is 0 Å². The number of fused-ring (bicyclic) bond motifs is 1. The molecule has 0 N–H and O–H groups in total. The predicted molar refractivity (Wildman–Crippen MR) is 100 cm³/mol. The number of alkyl halides is 2. The third-order valence-corrected chi connectivity index (χ3v) is 4.97. The molecule has 1 aliphatic rings. The molecule has 0 aliphatic carbocycles. The highest BCUT2D eigenvalue weighted by atomic mass is 19.3. The van der Waals surface area contributed by atoms with Gasteiger partial charge in [-0.05, 0) is 44.0 Å². The third kappa shape index (κ3) is 3.29. The molecule has 3 heterocycles. The molecule has 0 radical (unpaired) electrons. The van der Waals surface area contributed by atoms with Crippen molar-refractivity contribution in [1.82, 2.24) is 14.5 Å². The van der Waals surface area contributed by atoms with Gasteiger partial charge in [-0.25, -0.2) is 13.8 Å². The Morgan fingerprint density at radius 1 is 1.26 bits per heavy atom. The van der Waals surface area contributed by atoms with Gasteiger partial charge in [-0.2, -0.15) is 0 Å². The number of rotatable bonds is 4. The molecule has 0 spiro atoms. The second-order valence-corrected chi connectivity index (χ2v) is 6.80. The molecule has 1 atom stereocenters. The topological polar surface area (TPSA) is 51.0 Å². The summed E-state index contributed by atoms with van der Waals surface area (Å²) in [5.74, 6) is 0.408. The second-order valence-electron chi connectivity index (χ2n) is 6.80. The zero-order chi connectivity index (χ0) is 19.0. The monoisotopic (exact) mass is 370 g/mol. The first-order valence-electron chi connectivity index (χ1n) is 9.01. The number of hydrogen-bond donors (Lipinski definition) is 0. The first-order valence-corrected chi connectivity index (χ1v) is 9.01. The van der Waals surface area contributed by atoms with Gasteiger partial charge in [0.2, 0.25) is 0 Å². The number of halogens is 2. The van der Waals surface area contributed by atoms with E-state index in [-0.39, 0.29) is 6.04 Å². The van der Waals surface area contributed by atoms with Crippen LogP contribution < -0.4 is 10.5 Å². The van der Waals surface area contributed by atoms with Crippen molar-refractivity contribution in [1.29, 1.82) is 0 Å². The van der Waals surface area contributed by atoms with Crippen molar-refractivity contribution in [2.75, 3.05) is 11.4 Å². The SMILES string of the molecule is Cc1cc(N2CCCC2c2nc3ccccc3c(=O)n2CC(F)F)ccn1. The molecule has 3 aromatic rings. The van der Waals surface area contributed by atoms with Crippen LogP contribution in [0.3, 0.4) is 0 Å². The smallest absolute Gasteiger partial charge is 0.261 e. The standard InChI is InChI=1S/C20H20F2N4O/c1-13-11-14(8-9-23-13)25-10-4-7-17(25)19-24-16-6-3-2-5-15(16)20(27)26(19)12-18(21)22/h2-3,5-6,8-9,11,17-18H,4,7,10,12H2,1H3. The van der Waals surface area contributed by atoms with Crippen molar-refractivity contribution >= 4 is 16.6 Å². The largest absolute Gasteiger partial charge is 0.361 e. The Bertz CT molecular complexity index is 1030. The summed E-state index contributed by atoms with van der Waals surface area (Å²) in [5, 5.41) is 0.367. The summed E-state index contributed by atoms with van der Waals surface area (Å²) in [7, 11) is 0. The molecule has 0 saturated carbocycles. The quantitative estimate of drug-likeness (QED) is 0.703. The van der Waals surface area contributed by atoms with Crippen molar-refractivity contribution in [3.8, 4) is 0 Å². The first-order chi connectivity index (χ1) is 13.0. The van der Waals surface area contributed by atoms with Crippen molar-refractivity contribution < 1.29 is 8.78 Å². The van der Waals surface area contributed by atoms with Gasteiger partial charge in [0.15, 0.2) is 0 Å². The normalized spacial score (nSPS) is 17.2. The molecule has 2 aromatic heterocycles. The number of hydrogen-bond acceptors (Lipinski definition) is 4. The van der Waals surface area contributed by atoms with Crippen LogP contribution in [0.25, 0.3) is 10.9 Å². The fourth-order valence-corrected chi connectivity index (χ4v) is 3.81. The summed E-state index contributed by atoms with van der Waals surface area (Å²) in [6, 6.07) is 10.6. The molecule has 7 heteroatoms. The van der Waals surface area contributed by atoms with E-state index in [1.807, 2.05) is 19.1 Å². The Labute approximate surface area is 155 Å². The highest BCUT2D eigenvalue weighted by Gasteiger charge is 2.31. The lowest BCUT2D eigenvalue weighted by Crippen LogP contribution is -2.33. The van der Waals surface area contributed by atoms with Crippen LogP contribution in [-0.4, -0.2) is 27.5 Å². The van der Waals surface area contributed by atoms with Gasteiger partial charge >= 0.3 is 0 Å². The molecular weight excluding hydrogens is 350 g/mol. The van der Waals surface area contributed by atoms with E-state index in [2.05, 4.69) is 14.9 Å². The van der Waals surface area contributed by atoms with Crippen LogP contribution in [0.15, 0.2) is 47.4 Å². The van der Waals surface area contributed by atoms with Gasteiger partial charge in [0.05, 0.1) is 23.5 Å². The summed E-state index contributed by atoms with van der Waals surface area (Å²) in [6.45, 7) is 2.05. The van der Waals surface area contributed by atoms with E-state index in [0.29, 0.717) is 16.7 Å². The maximum atomic E-state index is 13.2. The van der Waals surface area contributed by atoms with Gasteiger partial charge in [-0.3, -0.25) is 14.3 Å². The summed E-state index contributed by atoms with van der Waals surface area (Å²) in [5.41, 5.74) is 1.99. The molecule has 0 bridgehead atoms. The number of benzene rings is 1. The average Bonchev–Trinajstić information content (AvgIpc) is 3.13. The number of para-hydroxylation sites is 1. The molecule has 4 rings (SSSR count).